The molecule has 12 heteroatoms. The van der Waals surface area contributed by atoms with Gasteiger partial charge in [-0.05, 0) is 74.5 Å². The van der Waals surface area contributed by atoms with E-state index in [-0.39, 0.29) is 24.8 Å². The Morgan fingerprint density at radius 2 is 1.44 bits per heavy atom. The molecule has 0 aliphatic carbocycles. The van der Waals surface area contributed by atoms with Gasteiger partial charge in [0.1, 0.15) is 12.4 Å². The Hall–Kier alpha value is -4.77. The van der Waals surface area contributed by atoms with Crippen molar-refractivity contribution in [2.45, 2.75) is 19.4 Å². The number of carbonyl (C=O) groups excluding carboxylic acids is 3. The van der Waals surface area contributed by atoms with Crippen LogP contribution in [0.5, 0.6) is 5.75 Å². The molecule has 0 saturated heterocycles. The highest BCUT2D eigenvalue weighted by Gasteiger charge is 2.32. The Morgan fingerprint density at radius 3 is 1.95 bits per heavy atom. The molecule has 0 unspecified atom stereocenters. The van der Waals surface area contributed by atoms with E-state index in [0.29, 0.717) is 27.5 Å². The number of esters is 1. The van der Waals surface area contributed by atoms with E-state index in [2.05, 4.69) is 10.3 Å². The molecule has 1 aromatic heterocycles. The number of ketones is 1. The lowest BCUT2D eigenvalue weighted by Crippen LogP contribution is -2.41. The van der Waals surface area contributed by atoms with Crippen molar-refractivity contribution in [3.05, 3.63) is 94.8 Å². The maximum atomic E-state index is 12.6. The van der Waals surface area contributed by atoms with Crippen LogP contribution in [0.15, 0.2) is 73.1 Å². The predicted molar refractivity (Wildman–Crippen MR) is 139 cm³/mol. The van der Waals surface area contributed by atoms with E-state index in [0.717, 1.165) is 0 Å². The molecule has 0 aliphatic rings. The van der Waals surface area contributed by atoms with Gasteiger partial charge in [-0.15, -0.1) is 0 Å². The topological polar surface area (TPSA) is 169 Å². The molecule has 0 bridgehead atoms. The van der Waals surface area contributed by atoms with E-state index < -0.39 is 23.5 Å². The number of pyridine rings is 1. The van der Waals surface area contributed by atoms with Crippen LogP contribution in [0.4, 0.5) is 0 Å². The normalized spacial score (nSPS) is 10.3. The van der Waals surface area contributed by atoms with Crippen molar-refractivity contribution in [3.8, 4) is 5.75 Å². The molecule has 11 nitrogen and oxygen atoms in total. The molecule has 0 atom stereocenters. The first-order valence-corrected chi connectivity index (χ1v) is 11.7. The molecule has 0 radical (unpaired) electrons. The highest BCUT2D eigenvalue weighted by molar-refractivity contribution is 6.30. The second-order valence-corrected chi connectivity index (χ2v) is 8.65. The number of carboxylic acid groups (broad SMARTS) is 2. The second-order valence-electron chi connectivity index (χ2n) is 8.22. The number of ether oxygens (including phenoxy) is 2. The molecule has 204 valence electrons. The fourth-order valence-corrected chi connectivity index (χ4v) is 2.99. The van der Waals surface area contributed by atoms with Crippen LogP contribution in [0.25, 0.3) is 0 Å². The lowest BCUT2D eigenvalue weighted by molar-refractivity contribution is -0.159. The van der Waals surface area contributed by atoms with Crippen molar-refractivity contribution in [1.29, 1.82) is 0 Å². The zero-order valence-electron chi connectivity index (χ0n) is 20.9. The summed E-state index contributed by atoms with van der Waals surface area (Å²) in [7, 11) is 0. The number of hydrogen-bond acceptors (Lipinski definition) is 8. The summed E-state index contributed by atoms with van der Waals surface area (Å²) in [6, 6.07) is 16.4. The van der Waals surface area contributed by atoms with Gasteiger partial charge in [0.25, 0.3) is 5.91 Å². The van der Waals surface area contributed by atoms with Gasteiger partial charge in [-0.25, -0.2) is 14.4 Å². The lowest BCUT2D eigenvalue weighted by atomic mass is 10.0. The van der Waals surface area contributed by atoms with E-state index in [9.17, 15) is 14.4 Å². The van der Waals surface area contributed by atoms with Gasteiger partial charge in [-0.3, -0.25) is 14.6 Å². The largest absolute Gasteiger partial charge is 0.476 e. The van der Waals surface area contributed by atoms with Gasteiger partial charge in [0.15, 0.2) is 11.4 Å². The minimum Gasteiger partial charge on any atom is -0.476 e. The maximum absolute atomic E-state index is 12.6. The van der Waals surface area contributed by atoms with E-state index in [1.807, 2.05) is 0 Å². The minimum absolute atomic E-state index is 0.00778. The van der Waals surface area contributed by atoms with Crippen LogP contribution in [0, 0.1) is 0 Å². The number of hydrogen-bond donors (Lipinski definition) is 3. The van der Waals surface area contributed by atoms with E-state index >= 15 is 0 Å². The van der Waals surface area contributed by atoms with Crippen LogP contribution in [0.2, 0.25) is 5.02 Å². The Kier molecular flexibility index (Phi) is 11.1. The molecule has 0 aliphatic heterocycles. The van der Waals surface area contributed by atoms with E-state index in [4.69, 9.17) is 40.9 Å². The number of amides is 1. The van der Waals surface area contributed by atoms with Gasteiger partial charge < -0.3 is 25.0 Å². The zero-order valence-corrected chi connectivity index (χ0v) is 21.7. The van der Waals surface area contributed by atoms with Crippen LogP contribution in [-0.4, -0.2) is 63.5 Å². The van der Waals surface area contributed by atoms with Gasteiger partial charge >= 0.3 is 17.9 Å². The smallest absolute Gasteiger partial charge is 0.414 e. The fourth-order valence-electron chi connectivity index (χ4n) is 2.86. The third kappa shape index (κ3) is 9.90. The van der Waals surface area contributed by atoms with Crippen LogP contribution >= 0.6 is 11.6 Å². The maximum Gasteiger partial charge on any atom is 0.414 e. The van der Waals surface area contributed by atoms with Crippen LogP contribution in [0.1, 0.15) is 40.1 Å². The fraction of sp³-hybridized carbons (Fsp3) is 0.185. The number of benzene rings is 2. The number of nitrogens with one attached hydrogen (secondary N) is 1. The SMILES string of the molecule is CC(C)(Oc1ccc(C(=O)c2ccc(Cl)cc2)cc1)C(=O)OCCNC(=O)c1cccnc1.O=C(O)C(=O)O. The average Bonchev–Trinajstić information content (AvgIpc) is 2.92. The summed E-state index contributed by atoms with van der Waals surface area (Å²) in [4.78, 5) is 59.0. The molecule has 2 aromatic carbocycles. The van der Waals surface area contributed by atoms with Crippen LogP contribution in [-0.2, 0) is 19.1 Å². The van der Waals surface area contributed by atoms with Gasteiger partial charge in [0.2, 0.25) is 0 Å². The summed E-state index contributed by atoms with van der Waals surface area (Å²) in [5.74, 6) is -4.27. The van der Waals surface area contributed by atoms with Gasteiger partial charge in [0, 0.05) is 28.5 Å². The highest BCUT2D eigenvalue weighted by atomic mass is 35.5. The summed E-state index contributed by atoms with van der Waals surface area (Å²) in [5.41, 5.74) is 0.155. The molecule has 3 N–H and O–H groups in total. The zero-order chi connectivity index (χ0) is 29.0. The third-order valence-corrected chi connectivity index (χ3v) is 5.07. The second kappa shape index (κ2) is 14.2. The number of carboxylic acids is 2. The molecule has 3 aromatic rings. The first kappa shape index (κ1) is 30.5. The van der Waals surface area contributed by atoms with Crippen LogP contribution < -0.4 is 10.1 Å². The molecule has 0 fully saturated rings. The van der Waals surface area contributed by atoms with Crippen molar-refractivity contribution in [3.63, 3.8) is 0 Å². The molecule has 0 spiro atoms. The van der Waals surface area contributed by atoms with Crippen molar-refractivity contribution in [2.24, 2.45) is 0 Å². The number of rotatable bonds is 9. The number of halogens is 1. The quantitative estimate of drug-likeness (QED) is 0.154. The van der Waals surface area contributed by atoms with Gasteiger partial charge in [-0.2, -0.15) is 0 Å². The van der Waals surface area contributed by atoms with Gasteiger partial charge in [-0.1, -0.05) is 11.6 Å². The Labute approximate surface area is 228 Å². The van der Waals surface area contributed by atoms with Crippen molar-refractivity contribution >= 4 is 41.2 Å². The summed E-state index contributed by atoms with van der Waals surface area (Å²) in [6.07, 6.45) is 3.03. The summed E-state index contributed by atoms with van der Waals surface area (Å²) in [6.45, 7) is 3.30. The number of aromatic nitrogens is 1. The van der Waals surface area contributed by atoms with Crippen molar-refractivity contribution in [1.82, 2.24) is 10.3 Å². The van der Waals surface area contributed by atoms with Crippen molar-refractivity contribution in [2.75, 3.05) is 13.2 Å². The molecule has 0 saturated carbocycles. The Balaban J connectivity index is 0.000000798. The first-order chi connectivity index (χ1) is 18.4. The van der Waals surface area contributed by atoms with Gasteiger partial charge in [0.05, 0.1) is 12.1 Å². The Bertz CT molecular complexity index is 1300. The number of nitrogens with zero attached hydrogens (tertiary/aromatic N) is 1. The number of aliphatic carboxylic acids is 2. The third-order valence-electron chi connectivity index (χ3n) is 4.81. The van der Waals surface area contributed by atoms with E-state index in [1.165, 1.54) is 6.20 Å². The molecule has 1 amide bonds. The van der Waals surface area contributed by atoms with Crippen LogP contribution in [0.3, 0.4) is 0 Å². The average molecular weight is 557 g/mol. The molecule has 3 rings (SSSR count). The van der Waals surface area contributed by atoms with Crippen molar-refractivity contribution < 1.29 is 43.7 Å². The lowest BCUT2D eigenvalue weighted by Gasteiger charge is -2.24. The summed E-state index contributed by atoms with van der Waals surface area (Å²) >= 11 is 5.86. The molecular weight excluding hydrogens is 532 g/mol. The number of carbonyl (C=O) groups is 5. The summed E-state index contributed by atoms with van der Waals surface area (Å²) in [5, 5.41) is 18.0. The predicted octanol–water partition coefficient (Wildman–Crippen LogP) is 3.25. The Morgan fingerprint density at radius 1 is 0.872 bits per heavy atom. The molecule has 39 heavy (non-hydrogen) atoms. The standard InChI is InChI=1S/C25H23ClN2O5.C2H2O4/c1-25(2,24(31)32-15-14-28-23(30)19-4-3-13-27-16-19)33-21-11-7-18(8-12-21)22(29)17-5-9-20(26)10-6-17;3-1(4)2(5)6/h3-13,16H,14-15H2,1-2H3,(H,28,30);(H,3,4)(H,5,6). The molecular formula is C27H25ClN2O9. The van der Waals surface area contributed by atoms with E-state index in [1.54, 1.807) is 80.7 Å². The summed E-state index contributed by atoms with van der Waals surface area (Å²) < 4.78 is 11.0. The minimum atomic E-state index is -1.82. The molecule has 1 heterocycles. The monoisotopic (exact) mass is 556 g/mol. The first-order valence-electron chi connectivity index (χ1n) is 11.3. The highest BCUT2D eigenvalue weighted by Crippen LogP contribution is 2.22.